The summed E-state index contributed by atoms with van der Waals surface area (Å²) in [5, 5.41) is 0. The zero-order valence-electron chi connectivity index (χ0n) is 17.5. The van der Waals surface area contributed by atoms with E-state index in [-0.39, 0.29) is 29.3 Å². The van der Waals surface area contributed by atoms with E-state index < -0.39 is 16.6 Å². The molecule has 3 fully saturated rings. The lowest BCUT2D eigenvalue weighted by Crippen LogP contribution is -2.53. The van der Waals surface area contributed by atoms with Gasteiger partial charge in [0.15, 0.2) is 11.6 Å². The molecule has 2 saturated carbocycles. The Balaban J connectivity index is 2.07. The minimum Gasteiger partial charge on any atom is -0.347 e. The van der Waals surface area contributed by atoms with Gasteiger partial charge in [0, 0.05) is 29.1 Å². The van der Waals surface area contributed by atoms with Gasteiger partial charge in [0.1, 0.15) is 5.78 Å². The second-order valence-corrected chi connectivity index (χ2v) is 9.32. The highest BCUT2D eigenvalue weighted by Crippen LogP contribution is 2.65. The third-order valence-corrected chi connectivity index (χ3v) is 7.30. The SMILES string of the molecule is C=C(C(=O)C(C)(C)/C=C/C)[C@@]12CC[C@@H](C)C(C(C)=O)C1C1(CC2)OCCO1. The van der Waals surface area contributed by atoms with Crippen LogP contribution in [0, 0.1) is 28.6 Å². The van der Waals surface area contributed by atoms with E-state index in [0.29, 0.717) is 18.8 Å². The number of ketones is 2. The Morgan fingerprint density at radius 3 is 2.33 bits per heavy atom. The Morgan fingerprint density at radius 1 is 1.15 bits per heavy atom. The van der Waals surface area contributed by atoms with E-state index in [1.54, 1.807) is 6.92 Å². The molecule has 0 aromatic rings. The summed E-state index contributed by atoms with van der Waals surface area (Å²) in [5.41, 5.74) is -0.361. The molecule has 2 unspecified atom stereocenters. The highest BCUT2D eigenvalue weighted by molar-refractivity contribution is 6.01. The monoisotopic (exact) mass is 374 g/mol. The first kappa shape index (κ1) is 20.5. The number of ether oxygens (including phenoxy) is 2. The van der Waals surface area contributed by atoms with Gasteiger partial charge in [-0.15, -0.1) is 0 Å². The summed E-state index contributed by atoms with van der Waals surface area (Å²) >= 11 is 0. The summed E-state index contributed by atoms with van der Waals surface area (Å²) in [6.45, 7) is 15.1. The number of Topliss-reactive ketones (excluding diaryl/α,β-unsaturated/α-hetero) is 2. The number of hydrogen-bond acceptors (Lipinski definition) is 4. The maximum absolute atomic E-state index is 13.4. The van der Waals surface area contributed by atoms with Gasteiger partial charge in [0.2, 0.25) is 0 Å². The Labute approximate surface area is 163 Å². The van der Waals surface area contributed by atoms with E-state index in [9.17, 15) is 9.59 Å². The fourth-order valence-electron chi connectivity index (χ4n) is 6.05. The number of allylic oxidation sites excluding steroid dienone is 3. The maximum Gasteiger partial charge on any atom is 0.172 e. The lowest BCUT2D eigenvalue weighted by molar-refractivity contribution is -0.215. The zero-order valence-corrected chi connectivity index (χ0v) is 17.5. The second-order valence-electron chi connectivity index (χ2n) is 9.32. The van der Waals surface area contributed by atoms with Crippen molar-refractivity contribution in [1.82, 2.24) is 0 Å². The Bertz CT molecular complexity index is 668. The summed E-state index contributed by atoms with van der Waals surface area (Å²) in [6, 6.07) is 0. The average Bonchev–Trinajstić information content (AvgIpc) is 3.21. The Morgan fingerprint density at radius 2 is 1.78 bits per heavy atom. The molecule has 1 heterocycles. The van der Waals surface area contributed by atoms with E-state index in [1.807, 2.05) is 32.9 Å². The number of rotatable bonds is 5. The first-order chi connectivity index (χ1) is 12.6. The zero-order chi connectivity index (χ0) is 20.0. The molecule has 0 radical (unpaired) electrons. The van der Waals surface area contributed by atoms with E-state index in [4.69, 9.17) is 9.47 Å². The van der Waals surface area contributed by atoms with Crippen molar-refractivity contribution >= 4 is 11.6 Å². The molecule has 1 aliphatic heterocycles. The molecule has 1 saturated heterocycles. The predicted molar refractivity (Wildman–Crippen MR) is 105 cm³/mol. The van der Waals surface area contributed by atoms with E-state index in [2.05, 4.69) is 13.5 Å². The van der Waals surface area contributed by atoms with Crippen molar-refractivity contribution in [1.29, 1.82) is 0 Å². The molecule has 0 amide bonds. The van der Waals surface area contributed by atoms with Crippen molar-refractivity contribution in [2.24, 2.45) is 28.6 Å². The molecular weight excluding hydrogens is 340 g/mol. The molecule has 0 bridgehead atoms. The highest BCUT2D eigenvalue weighted by atomic mass is 16.7. The molecule has 0 aromatic heterocycles. The number of fused-ring (bicyclic) bond motifs is 2. The van der Waals surface area contributed by atoms with Crippen molar-refractivity contribution in [3.63, 3.8) is 0 Å². The molecule has 4 nitrogen and oxygen atoms in total. The summed E-state index contributed by atoms with van der Waals surface area (Å²) in [4.78, 5) is 26.1. The molecular formula is C23H34O4. The van der Waals surface area contributed by atoms with Crippen LogP contribution in [0.15, 0.2) is 24.3 Å². The summed E-state index contributed by atoms with van der Waals surface area (Å²) in [5.74, 6) is -0.531. The fraction of sp³-hybridized carbons (Fsp3) is 0.739. The van der Waals surface area contributed by atoms with Crippen molar-refractivity contribution in [3.05, 3.63) is 24.3 Å². The fourth-order valence-corrected chi connectivity index (χ4v) is 6.05. The van der Waals surface area contributed by atoms with Gasteiger partial charge in [0.25, 0.3) is 0 Å². The van der Waals surface area contributed by atoms with Crippen molar-refractivity contribution < 1.29 is 19.1 Å². The maximum atomic E-state index is 13.4. The van der Waals surface area contributed by atoms with Crippen LogP contribution in [0.5, 0.6) is 0 Å². The standard InChI is InChI=1S/C23H34O4/c1-7-9-21(5,6)20(25)16(3)22-10-8-15(2)18(17(4)24)19(22)23(12-11-22)26-13-14-27-23/h7,9,15,18-19H,3,8,10-14H2,1-2,4-6H3/b9-7+/t15-,18?,19?,22+/m1/s1. The van der Waals surface area contributed by atoms with Gasteiger partial charge in [-0.3, -0.25) is 9.59 Å². The lowest BCUT2D eigenvalue weighted by atomic mass is 9.54. The number of hydrogen-bond donors (Lipinski definition) is 0. The molecule has 150 valence electrons. The van der Waals surface area contributed by atoms with Crippen LogP contribution < -0.4 is 0 Å². The summed E-state index contributed by atoms with van der Waals surface area (Å²) in [6.07, 6.45) is 7.17. The van der Waals surface area contributed by atoms with Gasteiger partial charge in [-0.05, 0) is 58.4 Å². The molecule has 0 aromatic carbocycles. The molecule has 1 spiro atoms. The van der Waals surface area contributed by atoms with Crippen LogP contribution in [0.25, 0.3) is 0 Å². The van der Waals surface area contributed by atoms with Crippen LogP contribution >= 0.6 is 0 Å². The Kier molecular flexibility index (Phi) is 5.28. The summed E-state index contributed by atoms with van der Waals surface area (Å²) in [7, 11) is 0. The van der Waals surface area contributed by atoms with E-state index >= 15 is 0 Å². The Hall–Kier alpha value is -1.26. The van der Waals surface area contributed by atoms with Gasteiger partial charge in [-0.25, -0.2) is 0 Å². The highest BCUT2D eigenvalue weighted by Gasteiger charge is 2.67. The normalized spacial score (nSPS) is 35.5. The second kappa shape index (κ2) is 6.97. The first-order valence-electron chi connectivity index (χ1n) is 10.3. The number of carbonyl (C=O) groups is 2. The van der Waals surface area contributed by atoms with Crippen LogP contribution in [0.2, 0.25) is 0 Å². The van der Waals surface area contributed by atoms with Crippen molar-refractivity contribution in [2.45, 2.75) is 66.1 Å². The van der Waals surface area contributed by atoms with Crippen LogP contribution in [-0.4, -0.2) is 30.6 Å². The van der Waals surface area contributed by atoms with Crippen LogP contribution in [0.4, 0.5) is 0 Å². The van der Waals surface area contributed by atoms with Gasteiger partial charge in [-0.2, -0.15) is 0 Å². The topological polar surface area (TPSA) is 52.6 Å². The largest absolute Gasteiger partial charge is 0.347 e. The summed E-state index contributed by atoms with van der Waals surface area (Å²) < 4.78 is 12.3. The molecule has 3 aliphatic rings. The molecule has 4 heteroatoms. The van der Waals surface area contributed by atoms with Crippen LogP contribution in [-0.2, 0) is 19.1 Å². The smallest absolute Gasteiger partial charge is 0.172 e. The molecule has 0 N–H and O–H groups in total. The van der Waals surface area contributed by atoms with Gasteiger partial charge < -0.3 is 9.47 Å². The number of carbonyl (C=O) groups excluding carboxylic acids is 2. The van der Waals surface area contributed by atoms with Gasteiger partial charge in [-0.1, -0.05) is 25.7 Å². The van der Waals surface area contributed by atoms with Crippen LogP contribution in [0.3, 0.4) is 0 Å². The predicted octanol–water partition coefficient (Wildman–Crippen LogP) is 4.49. The first-order valence-corrected chi connectivity index (χ1v) is 10.3. The van der Waals surface area contributed by atoms with Crippen LogP contribution in [0.1, 0.15) is 60.3 Å². The van der Waals surface area contributed by atoms with Crippen molar-refractivity contribution in [2.75, 3.05) is 13.2 Å². The molecule has 2 aliphatic carbocycles. The minimum atomic E-state index is -0.737. The molecule has 3 rings (SSSR count). The van der Waals surface area contributed by atoms with E-state index in [0.717, 1.165) is 25.7 Å². The van der Waals surface area contributed by atoms with Gasteiger partial charge in [0.05, 0.1) is 13.2 Å². The van der Waals surface area contributed by atoms with E-state index in [1.165, 1.54) is 0 Å². The molecule has 4 atom stereocenters. The molecule has 27 heavy (non-hydrogen) atoms. The lowest BCUT2D eigenvalue weighted by Gasteiger charge is -2.51. The quantitative estimate of drug-likeness (QED) is 0.526. The van der Waals surface area contributed by atoms with Gasteiger partial charge >= 0.3 is 0 Å². The minimum absolute atomic E-state index is 0.0671. The van der Waals surface area contributed by atoms with Crippen molar-refractivity contribution in [3.8, 4) is 0 Å². The third-order valence-electron chi connectivity index (χ3n) is 7.30. The third kappa shape index (κ3) is 3.05. The average molecular weight is 375 g/mol.